The van der Waals surface area contributed by atoms with Crippen molar-refractivity contribution in [3.8, 4) is 11.5 Å². The number of fused-ring (bicyclic) bond motifs is 1. The minimum atomic E-state index is -0.485. The Balaban J connectivity index is 1.68. The average Bonchev–Trinajstić information content (AvgIpc) is 3.14. The number of nitrogens with one attached hydrogen (secondary N) is 1. The zero-order chi connectivity index (χ0) is 21.7. The largest absolute Gasteiger partial charge is 0.504 e. The van der Waals surface area contributed by atoms with E-state index in [1.807, 2.05) is 0 Å². The second-order valence-electron chi connectivity index (χ2n) is 6.41. The zero-order valence-corrected chi connectivity index (χ0v) is 16.0. The van der Waals surface area contributed by atoms with E-state index in [1.165, 1.54) is 43.5 Å². The van der Waals surface area contributed by atoms with Crippen molar-refractivity contribution in [3.63, 3.8) is 0 Å². The first kappa shape index (κ1) is 20.5. The summed E-state index contributed by atoms with van der Waals surface area (Å²) in [6.07, 6.45) is 6.64. The molecule has 8 nitrogen and oxygen atoms in total. The van der Waals surface area contributed by atoms with Gasteiger partial charge >= 0.3 is 0 Å². The number of carbonyl (C=O) groups excluding carboxylic acids is 2. The lowest BCUT2D eigenvalue weighted by Crippen LogP contribution is -2.01. The van der Waals surface area contributed by atoms with Gasteiger partial charge in [-0.2, -0.15) is 0 Å². The molecule has 1 aromatic heterocycles. The lowest BCUT2D eigenvalue weighted by molar-refractivity contribution is -0.383. The first-order chi connectivity index (χ1) is 14.4. The number of aromatic amines is 1. The lowest BCUT2D eigenvalue weighted by Gasteiger charge is -2.03. The molecule has 0 aliphatic heterocycles. The van der Waals surface area contributed by atoms with Crippen LogP contribution in [-0.4, -0.2) is 33.7 Å². The van der Waals surface area contributed by atoms with E-state index >= 15 is 0 Å². The Morgan fingerprint density at radius 1 is 1.17 bits per heavy atom. The number of H-pyrrole nitrogens is 1. The number of hydrogen-bond acceptors (Lipinski definition) is 6. The van der Waals surface area contributed by atoms with Gasteiger partial charge in [0.25, 0.3) is 5.69 Å². The molecule has 0 fully saturated rings. The fourth-order valence-corrected chi connectivity index (χ4v) is 2.95. The minimum absolute atomic E-state index is 0.0565. The van der Waals surface area contributed by atoms with E-state index < -0.39 is 16.5 Å². The summed E-state index contributed by atoms with van der Waals surface area (Å²) in [6, 6.07) is 9.33. The highest BCUT2D eigenvalue weighted by molar-refractivity contribution is 6.11. The first-order valence-electron chi connectivity index (χ1n) is 8.92. The molecule has 2 N–H and O–H groups in total. The Morgan fingerprint density at radius 2 is 1.90 bits per heavy atom. The van der Waals surface area contributed by atoms with Gasteiger partial charge in [-0.15, -0.1) is 0 Å². The van der Waals surface area contributed by atoms with Crippen LogP contribution in [0.4, 0.5) is 5.69 Å². The van der Waals surface area contributed by atoms with Crippen LogP contribution in [0.25, 0.3) is 23.1 Å². The van der Waals surface area contributed by atoms with E-state index in [1.54, 1.807) is 30.5 Å². The zero-order valence-electron chi connectivity index (χ0n) is 16.0. The number of nitro benzene ring substituents is 1. The van der Waals surface area contributed by atoms with E-state index in [-0.39, 0.29) is 17.9 Å². The van der Waals surface area contributed by atoms with Gasteiger partial charge in [0.05, 0.1) is 29.4 Å². The second-order valence-corrected chi connectivity index (χ2v) is 6.41. The van der Waals surface area contributed by atoms with Crippen LogP contribution in [0.5, 0.6) is 11.5 Å². The standard InChI is InChI=1S/C22H18N2O6/c1-30-21-10-6-14(11-20(21)27)5-8-16(25)12-17(26)9-7-15-13-23-18-3-2-4-19(22(15)18)24(28)29/h2-11,13,23,27H,12H2,1H3. The van der Waals surface area contributed by atoms with Gasteiger partial charge < -0.3 is 14.8 Å². The van der Waals surface area contributed by atoms with Gasteiger partial charge in [-0.1, -0.05) is 18.2 Å². The fourth-order valence-electron chi connectivity index (χ4n) is 2.95. The number of nitro groups is 1. The Morgan fingerprint density at radius 3 is 2.57 bits per heavy atom. The van der Waals surface area contributed by atoms with E-state index in [2.05, 4.69) is 4.98 Å². The molecule has 152 valence electrons. The summed E-state index contributed by atoms with van der Waals surface area (Å²) in [5, 5.41) is 21.4. The molecule has 2 aromatic carbocycles. The first-order valence-corrected chi connectivity index (χ1v) is 8.92. The van der Waals surface area contributed by atoms with E-state index in [0.717, 1.165) is 0 Å². The number of benzene rings is 2. The number of aromatic nitrogens is 1. The van der Waals surface area contributed by atoms with Gasteiger partial charge in [0.1, 0.15) is 0 Å². The quantitative estimate of drug-likeness (QED) is 0.252. The Kier molecular flexibility index (Phi) is 6.07. The molecular formula is C22H18N2O6. The number of ether oxygens (including phenoxy) is 1. The minimum Gasteiger partial charge on any atom is -0.504 e. The third kappa shape index (κ3) is 4.61. The topological polar surface area (TPSA) is 123 Å². The third-order valence-electron chi connectivity index (χ3n) is 4.37. The van der Waals surface area contributed by atoms with E-state index in [9.17, 15) is 24.8 Å². The maximum absolute atomic E-state index is 12.1. The number of nitrogens with zero attached hydrogens (tertiary/aromatic N) is 1. The second kappa shape index (κ2) is 8.87. The molecule has 0 spiro atoms. The Labute approximate surface area is 171 Å². The van der Waals surface area contributed by atoms with Crippen LogP contribution in [0.15, 0.2) is 54.7 Å². The third-order valence-corrected chi connectivity index (χ3v) is 4.37. The molecular weight excluding hydrogens is 388 g/mol. The van der Waals surface area contributed by atoms with E-state index in [0.29, 0.717) is 27.8 Å². The normalized spacial score (nSPS) is 11.4. The maximum atomic E-state index is 12.1. The van der Waals surface area contributed by atoms with Crippen molar-refractivity contribution in [2.75, 3.05) is 7.11 Å². The molecule has 0 saturated heterocycles. The van der Waals surface area contributed by atoms with Gasteiger partial charge in [0.15, 0.2) is 23.1 Å². The van der Waals surface area contributed by atoms with Crippen molar-refractivity contribution in [1.29, 1.82) is 0 Å². The van der Waals surface area contributed by atoms with Gasteiger partial charge in [-0.25, -0.2) is 0 Å². The Hall–Kier alpha value is -4.20. The number of non-ortho nitro benzene ring substituents is 1. The highest BCUT2D eigenvalue weighted by Gasteiger charge is 2.15. The molecule has 3 aromatic rings. The monoisotopic (exact) mass is 406 g/mol. The molecule has 0 aliphatic rings. The SMILES string of the molecule is COc1ccc(C=CC(=O)CC(=O)C=Cc2c[nH]c3cccc([N+](=O)[O-])c23)cc1O. The molecule has 1 heterocycles. The van der Waals surface area contributed by atoms with Crippen LogP contribution in [0, 0.1) is 10.1 Å². The van der Waals surface area contributed by atoms with Crippen LogP contribution >= 0.6 is 0 Å². The molecule has 0 unspecified atom stereocenters. The number of aromatic hydroxyl groups is 1. The maximum Gasteiger partial charge on any atom is 0.279 e. The number of phenolic OH excluding ortho intramolecular Hbond substituents is 1. The molecule has 8 heteroatoms. The van der Waals surface area contributed by atoms with Gasteiger partial charge in [-0.3, -0.25) is 19.7 Å². The van der Waals surface area contributed by atoms with E-state index in [4.69, 9.17) is 4.74 Å². The van der Waals surface area contributed by atoms with Crippen molar-refractivity contribution in [1.82, 2.24) is 4.98 Å². The molecule has 0 radical (unpaired) electrons. The molecule has 0 aliphatic carbocycles. The highest BCUT2D eigenvalue weighted by atomic mass is 16.6. The molecule has 30 heavy (non-hydrogen) atoms. The number of allylic oxidation sites excluding steroid dienone is 2. The fraction of sp³-hybridized carbons (Fsp3) is 0.0909. The van der Waals surface area contributed by atoms with Crippen LogP contribution < -0.4 is 4.74 Å². The molecule has 0 atom stereocenters. The lowest BCUT2D eigenvalue weighted by atomic mass is 10.1. The van der Waals surface area contributed by atoms with Crippen LogP contribution in [-0.2, 0) is 9.59 Å². The average molecular weight is 406 g/mol. The number of ketones is 2. The molecule has 3 rings (SSSR count). The summed E-state index contributed by atoms with van der Waals surface area (Å²) < 4.78 is 4.95. The molecule has 0 saturated carbocycles. The van der Waals surface area contributed by atoms with Crippen molar-refractivity contribution < 1.29 is 24.4 Å². The number of phenols is 1. The summed E-state index contributed by atoms with van der Waals surface area (Å²) in [5.41, 5.74) is 1.58. The number of methoxy groups -OCH3 is 1. The summed E-state index contributed by atoms with van der Waals surface area (Å²) in [5.74, 6) is -0.588. The Bertz CT molecular complexity index is 1190. The van der Waals surface area contributed by atoms with Gasteiger partial charge in [0, 0.05) is 17.8 Å². The van der Waals surface area contributed by atoms with Crippen molar-refractivity contribution in [3.05, 3.63) is 76.0 Å². The predicted molar refractivity (Wildman–Crippen MR) is 112 cm³/mol. The molecule has 0 amide bonds. The van der Waals surface area contributed by atoms with Crippen LogP contribution in [0.1, 0.15) is 17.5 Å². The van der Waals surface area contributed by atoms with Gasteiger partial charge in [-0.05, 0) is 42.0 Å². The van der Waals surface area contributed by atoms with Crippen molar-refractivity contribution in [2.24, 2.45) is 0 Å². The van der Waals surface area contributed by atoms with Gasteiger partial charge in [0.2, 0.25) is 0 Å². The highest BCUT2D eigenvalue weighted by Crippen LogP contribution is 2.29. The van der Waals surface area contributed by atoms with Crippen molar-refractivity contribution in [2.45, 2.75) is 6.42 Å². The van der Waals surface area contributed by atoms with Crippen LogP contribution in [0.2, 0.25) is 0 Å². The van der Waals surface area contributed by atoms with Crippen LogP contribution in [0.3, 0.4) is 0 Å². The number of carbonyl (C=O) groups is 2. The smallest absolute Gasteiger partial charge is 0.279 e. The number of hydrogen-bond donors (Lipinski definition) is 2. The summed E-state index contributed by atoms with van der Waals surface area (Å²) in [6.45, 7) is 0. The summed E-state index contributed by atoms with van der Waals surface area (Å²) in [4.78, 5) is 37.8. The summed E-state index contributed by atoms with van der Waals surface area (Å²) >= 11 is 0. The van der Waals surface area contributed by atoms with Crippen molar-refractivity contribution >= 4 is 40.3 Å². The molecule has 0 bridgehead atoms. The number of rotatable bonds is 8. The predicted octanol–water partition coefficient (Wildman–Crippen LogP) is 4.05. The summed E-state index contributed by atoms with van der Waals surface area (Å²) in [7, 11) is 1.43.